The monoisotopic (exact) mass is 376 g/mol. The topological polar surface area (TPSA) is 64.3 Å². The van der Waals surface area contributed by atoms with Gasteiger partial charge in [0.2, 0.25) is 5.91 Å². The summed E-state index contributed by atoms with van der Waals surface area (Å²) >= 11 is 0. The van der Waals surface area contributed by atoms with Crippen LogP contribution in [0.25, 0.3) is 0 Å². The number of amides is 1. The van der Waals surface area contributed by atoms with Gasteiger partial charge in [-0.15, -0.1) is 12.4 Å². The van der Waals surface area contributed by atoms with Crippen molar-refractivity contribution < 1.29 is 9.53 Å². The van der Waals surface area contributed by atoms with Crippen LogP contribution in [0.4, 0.5) is 0 Å². The lowest BCUT2D eigenvalue weighted by atomic mass is 9.95. The van der Waals surface area contributed by atoms with Crippen molar-refractivity contribution in [1.82, 2.24) is 5.32 Å². The Bertz CT molecular complexity index is 637. The number of ether oxygens (including phenoxy) is 1. The first kappa shape index (κ1) is 22.2. The third kappa shape index (κ3) is 6.79. The van der Waals surface area contributed by atoms with E-state index >= 15 is 0 Å². The highest BCUT2D eigenvalue weighted by molar-refractivity contribution is 5.85. The quantitative estimate of drug-likeness (QED) is 0.649. The molecule has 4 nitrogen and oxygen atoms in total. The number of nitrogens with two attached hydrogens (primary N) is 1. The van der Waals surface area contributed by atoms with Crippen molar-refractivity contribution in [2.75, 3.05) is 13.2 Å². The molecule has 2 aromatic carbocycles. The Balaban J connectivity index is 0.00000338. The van der Waals surface area contributed by atoms with Gasteiger partial charge in [-0.1, -0.05) is 67.6 Å². The number of carbonyl (C=O) groups is 1. The number of halogens is 1. The first-order chi connectivity index (χ1) is 12.1. The van der Waals surface area contributed by atoms with Crippen LogP contribution in [0, 0.1) is 5.92 Å². The van der Waals surface area contributed by atoms with E-state index in [0.717, 1.165) is 17.5 Å². The van der Waals surface area contributed by atoms with Crippen molar-refractivity contribution in [3.05, 3.63) is 71.8 Å². The molecule has 0 heterocycles. The zero-order chi connectivity index (χ0) is 18.1. The molecule has 142 valence electrons. The summed E-state index contributed by atoms with van der Waals surface area (Å²) in [4.78, 5) is 12.2. The molecule has 0 fully saturated rings. The summed E-state index contributed by atoms with van der Waals surface area (Å²) in [5.41, 5.74) is 8.33. The molecule has 0 radical (unpaired) electrons. The van der Waals surface area contributed by atoms with Gasteiger partial charge >= 0.3 is 0 Å². The molecular formula is C21H29ClN2O2. The molecule has 0 saturated heterocycles. The molecule has 2 rings (SSSR count). The second-order valence-electron chi connectivity index (χ2n) is 6.29. The third-order valence-electron chi connectivity index (χ3n) is 4.39. The van der Waals surface area contributed by atoms with Crippen LogP contribution in [-0.2, 0) is 9.53 Å². The average molecular weight is 377 g/mol. The summed E-state index contributed by atoms with van der Waals surface area (Å²) in [7, 11) is 0. The molecule has 3 atom stereocenters. The van der Waals surface area contributed by atoms with E-state index in [1.165, 1.54) is 0 Å². The summed E-state index contributed by atoms with van der Waals surface area (Å²) in [5.74, 6) is -0.293. The maximum absolute atomic E-state index is 12.2. The van der Waals surface area contributed by atoms with Gasteiger partial charge < -0.3 is 15.8 Å². The highest BCUT2D eigenvalue weighted by atomic mass is 35.5. The van der Waals surface area contributed by atoms with E-state index in [1.54, 1.807) is 0 Å². The minimum atomic E-state index is -0.296. The molecule has 0 aromatic heterocycles. The Hall–Kier alpha value is -1.88. The summed E-state index contributed by atoms with van der Waals surface area (Å²) in [6.45, 7) is 5.09. The fourth-order valence-electron chi connectivity index (χ4n) is 2.65. The van der Waals surface area contributed by atoms with Crippen molar-refractivity contribution in [3.8, 4) is 0 Å². The average Bonchev–Trinajstić information content (AvgIpc) is 2.67. The van der Waals surface area contributed by atoms with Crippen molar-refractivity contribution in [2.45, 2.75) is 32.4 Å². The van der Waals surface area contributed by atoms with E-state index in [9.17, 15) is 4.79 Å². The molecule has 2 aromatic rings. The zero-order valence-corrected chi connectivity index (χ0v) is 16.2. The predicted molar refractivity (Wildman–Crippen MR) is 108 cm³/mol. The van der Waals surface area contributed by atoms with E-state index in [0.29, 0.717) is 13.2 Å². The second kappa shape index (κ2) is 11.7. The first-order valence-electron chi connectivity index (χ1n) is 8.84. The number of carbonyl (C=O) groups excluding carboxylic acids is 1. The molecule has 0 aliphatic carbocycles. The maximum atomic E-state index is 12.2. The minimum absolute atomic E-state index is 0. The van der Waals surface area contributed by atoms with E-state index < -0.39 is 0 Å². The van der Waals surface area contributed by atoms with Crippen LogP contribution in [0.15, 0.2) is 60.7 Å². The van der Waals surface area contributed by atoms with E-state index in [1.807, 2.05) is 62.4 Å². The van der Waals surface area contributed by atoms with Crippen molar-refractivity contribution in [3.63, 3.8) is 0 Å². The summed E-state index contributed by atoms with van der Waals surface area (Å²) in [5, 5.41) is 2.95. The Morgan fingerprint density at radius 2 is 1.54 bits per heavy atom. The molecule has 0 saturated carbocycles. The van der Waals surface area contributed by atoms with E-state index in [2.05, 4.69) is 17.4 Å². The fourth-order valence-corrected chi connectivity index (χ4v) is 2.65. The van der Waals surface area contributed by atoms with Gasteiger partial charge in [-0.05, 0) is 24.5 Å². The first-order valence-corrected chi connectivity index (χ1v) is 8.84. The number of benzene rings is 2. The second-order valence-corrected chi connectivity index (χ2v) is 6.29. The molecule has 1 amide bonds. The lowest BCUT2D eigenvalue weighted by Gasteiger charge is -2.20. The van der Waals surface area contributed by atoms with Gasteiger partial charge in [-0.3, -0.25) is 4.79 Å². The van der Waals surface area contributed by atoms with E-state index in [-0.39, 0.29) is 36.4 Å². The summed E-state index contributed by atoms with van der Waals surface area (Å²) in [6, 6.07) is 19.5. The van der Waals surface area contributed by atoms with E-state index in [4.69, 9.17) is 10.5 Å². The molecule has 3 N–H and O–H groups in total. The van der Waals surface area contributed by atoms with Crippen LogP contribution in [0.1, 0.15) is 43.5 Å². The van der Waals surface area contributed by atoms with Gasteiger partial charge in [0.25, 0.3) is 0 Å². The van der Waals surface area contributed by atoms with Crippen molar-refractivity contribution in [2.24, 2.45) is 11.7 Å². The molecule has 0 spiro atoms. The van der Waals surface area contributed by atoms with Crippen molar-refractivity contribution in [1.29, 1.82) is 0 Å². The normalized spacial score (nSPS) is 14.0. The molecule has 3 unspecified atom stereocenters. The number of hydrogen-bond donors (Lipinski definition) is 2. The number of hydrogen-bond acceptors (Lipinski definition) is 3. The van der Waals surface area contributed by atoms with Crippen LogP contribution in [0.2, 0.25) is 0 Å². The molecule has 0 aliphatic heterocycles. The Morgan fingerprint density at radius 3 is 2.12 bits per heavy atom. The molecule has 0 aliphatic rings. The standard InChI is InChI=1S/C21H28N2O2.ClH/c1-16(20(22)19-12-7-4-8-13-19)21(24)23-14-9-15-25-17(2)18-10-5-3-6-11-18;/h3-8,10-13,16-17,20H,9,14-15,22H2,1-2H3,(H,23,24);1H. The van der Waals surface area contributed by atoms with Gasteiger partial charge in [-0.2, -0.15) is 0 Å². The molecule has 5 heteroatoms. The highest BCUT2D eigenvalue weighted by Crippen LogP contribution is 2.19. The minimum Gasteiger partial charge on any atom is -0.374 e. The van der Waals surface area contributed by atoms with Gasteiger partial charge in [0, 0.05) is 19.2 Å². The van der Waals surface area contributed by atoms with Crippen LogP contribution >= 0.6 is 12.4 Å². The smallest absolute Gasteiger partial charge is 0.224 e. The fraction of sp³-hybridized carbons (Fsp3) is 0.381. The maximum Gasteiger partial charge on any atom is 0.224 e. The summed E-state index contributed by atoms with van der Waals surface area (Å²) in [6.07, 6.45) is 0.832. The van der Waals surface area contributed by atoms with Crippen LogP contribution in [-0.4, -0.2) is 19.1 Å². The number of rotatable bonds is 9. The van der Waals surface area contributed by atoms with Gasteiger partial charge in [0.1, 0.15) is 0 Å². The van der Waals surface area contributed by atoms with Gasteiger partial charge in [0.15, 0.2) is 0 Å². The van der Waals surface area contributed by atoms with Crippen LogP contribution in [0.3, 0.4) is 0 Å². The van der Waals surface area contributed by atoms with Crippen LogP contribution < -0.4 is 11.1 Å². The molecular weight excluding hydrogens is 348 g/mol. The van der Waals surface area contributed by atoms with Crippen LogP contribution in [0.5, 0.6) is 0 Å². The Labute approximate surface area is 162 Å². The lowest BCUT2D eigenvalue weighted by Crippen LogP contribution is -2.36. The predicted octanol–water partition coefficient (Wildman–Crippen LogP) is 4.03. The number of nitrogens with one attached hydrogen (secondary N) is 1. The SMILES string of the molecule is CC(OCCCNC(=O)C(C)C(N)c1ccccc1)c1ccccc1.Cl. The zero-order valence-electron chi connectivity index (χ0n) is 15.4. The Morgan fingerprint density at radius 1 is 1.00 bits per heavy atom. The third-order valence-corrected chi connectivity index (χ3v) is 4.39. The molecule has 26 heavy (non-hydrogen) atoms. The lowest BCUT2D eigenvalue weighted by molar-refractivity contribution is -0.125. The highest BCUT2D eigenvalue weighted by Gasteiger charge is 2.21. The van der Waals surface area contributed by atoms with Crippen molar-refractivity contribution >= 4 is 18.3 Å². The van der Waals surface area contributed by atoms with Gasteiger partial charge in [0.05, 0.1) is 12.0 Å². The Kier molecular flexibility index (Phi) is 9.96. The van der Waals surface area contributed by atoms with Gasteiger partial charge in [-0.25, -0.2) is 0 Å². The summed E-state index contributed by atoms with van der Waals surface area (Å²) < 4.78 is 5.81. The largest absolute Gasteiger partial charge is 0.374 e. The molecule has 0 bridgehead atoms.